The summed E-state index contributed by atoms with van der Waals surface area (Å²) in [5, 5.41) is 0. The summed E-state index contributed by atoms with van der Waals surface area (Å²) in [5.41, 5.74) is 0. The molecule has 380 valence electrons. The lowest BCUT2D eigenvalue weighted by molar-refractivity contribution is -0.167. The van der Waals surface area contributed by atoms with E-state index in [2.05, 4.69) is 34.6 Å². The lowest BCUT2D eigenvalue weighted by atomic mass is 9.99. The van der Waals surface area contributed by atoms with Gasteiger partial charge in [-0.2, -0.15) is 0 Å². The maximum atomic E-state index is 12.8. The van der Waals surface area contributed by atoms with Gasteiger partial charge < -0.3 is 14.2 Å². The van der Waals surface area contributed by atoms with E-state index in [1.54, 1.807) is 0 Å². The van der Waals surface area contributed by atoms with Gasteiger partial charge in [-0.1, -0.05) is 285 Å². The van der Waals surface area contributed by atoms with Crippen LogP contribution in [-0.2, 0) is 28.6 Å². The molecule has 0 rings (SSSR count). The Bertz CT molecular complexity index is 980. The van der Waals surface area contributed by atoms with Gasteiger partial charge in [0.15, 0.2) is 6.10 Å². The molecule has 0 amide bonds. The number of esters is 3. The zero-order chi connectivity index (χ0) is 46.8. The summed E-state index contributed by atoms with van der Waals surface area (Å²) < 4.78 is 16.8. The van der Waals surface area contributed by atoms with Crippen molar-refractivity contribution in [3.05, 3.63) is 0 Å². The van der Waals surface area contributed by atoms with E-state index < -0.39 is 6.10 Å². The summed E-state index contributed by atoms with van der Waals surface area (Å²) in [4.78, 5) is 38.0. The Labute approximate surface area is 399 Å². The van der Waals surface area contributed by atoms with Crippen molar-refractivity contribution in [2.24, 2.45) is 11.8 Å². The van der Waals surface area contributed by atoms with Crippen molar-refractivity contribution in [3.63, 3.8) is 0 Å². The Morgan fingerprint density at radius 2 is 0.594 bits per heavy atom. The molecule has 6 nitrogen and oxygen atoms in total. The van der Waals surface area contributed by atoms with Crippen LogP contribution in [0.1, 0.15) is 324 Å². The van der Waals surface area contributed by atoms with Crippen molar-refractivity contribution in [1.82, 2.24) is 0 Å². The molecule has 0 N–H and O–H groups in total. The molecule has 0 heterocycles. The highest BCUT2D eigenvalue weighted by atomic mass is 16.6. The molecular formula is C58H112O6. The van der Waals surface area contributed by atoms with Crippen LogP contribution in [0, 0.1) is 11.8 Å². The highest BCUT2D eigenvalue weighted by Crippen LogP contribution is 2.19. The number of rotatable bonds is 52. The summed E-state index contributed by atoms with van der Waals surface area (Å²) in [5.74, 6) is 0.847. The molecule has 1 unspecified atom stereocenters. The molecule has 0 aromatic heterocycles. The Kier molecular flexibility index (Phi) is 49.6. The first-order valence-corrected chi connectivity index (χ1v) is 28.8. The van der Waals surface area contributed by atoms with Crippen LogP contribution in [0.5, 0.6) is 0 Å². The minimum atomic E-state index is -0.762. The smallest absolute Gasteiger partial charge is 0.306 e. The van der Waals surface area contributed by atoms with Crippen LogP contribution in [0.15, 0.2) is 0 Å². The van der Waals surface area contributed by atoms with E-state index in [9.17, 15) is 14.4 Å². The van der Waals surface area contributed by atoms with Crippen LogP contribution in [0.25, 0.3) is 0 Å². The van der Waals surface area contributed by atoms with Crippen molar-refractivity contribution in [3.8, 4) is 0 Å². The van der Waals surface area contributed by atoms with E-state index in [0.29, 0.717) is 19.3 Å². The molecule has 0 aliphatic carbocycles. The molecule has 0 fully saturated rings. The van der Waals surface area contributed by atoms with Gasteiger partial charge in [-0.15, -0.1) is 0 Å². The third-order valence-electron chi connectivity index (χ3n) is 13.6. The van der Waals surface area contributed by atoms with Gasteiger partial charge in [0.2, 0.25) is 0 Å². The van der Waals surface area contributed by atoms with Crippen LogP contribution in [0.3, 0.4) is 0 Å². The van der Waals surface area contributed by atoms with Crippen LogP contribution in [0.2, 0.25) is 0 Å². The quantitative estimate of drug-likeness (QED) is 0.0344. The zero-order valence-electron chi connectivity index (χ0n) is 43.9. The molecule has 0 aliphatic rings. The van der Waals surface area contributed by atoms with Gasteiger partial charge in [-0.05, 0) is 31.1 Å². The molecule has 0 spiro atoms. The minimum Gasteiger partial charge on any atom is -0.462 e. The van der Waals surface area contributed by atoms with Gasteiger partial charge >= 0.3 is 17.9 Å². The molecule has 0 saturated carbocycles. The van der Waals surface area contributed by atoms with E-state index in [1.807, 2.05) is 0 Å². The fourth-order valence-corrected chi connectivity index (χ4v) is 8.84. The zero-order valence-corrected chi connectivity index (χ0v) is 43.9. The normalized spacial score (nSPS) is 12.5. The van der Waals surface area contributed by atoms with Crippen LogP contribution in [-0.4, -0.2) is 37.2 Å². The first kappa shape index (κ1) is 62.4. The second-order valence-corrected chi connectivity index (χ2v) is 20.6. The maximum Gasteiger partial charge on any atom is 0.306 e. The van der Waals surface area contributed by atoms with Gasteiger partial charge in [-0.25, -0.2) is 0 Å². The Balaban J connectivity index is 4.21. The van der Waals surface area contributed by atoms with Crippen molar-refractivity contribution in [1.29, 1.82) is 0 Å². The Morgan fingerprint density at radius 3 is 0.891 bits per heavy atom. The van der Waals surface area contributed by atoms with Gasteiger partial charge in [0.25, 0.3) is 0 Å². The SMILES string of the molecule is CCCCCCCCCCCCCCCCC(=O)OC[C@H](COC(=O)CCCCCCCCCC(C)C)OC(=O)CCCCCCCCCCCCCCCCCCCCC(C)CC. The third kappa shape index (κ3) is 49.8. The van der Waals surface area contributed by atoms with Crippen molar-refractivity contribution >= 4 is 17.9 Å². The third-order valence-corrected chi connectivity index (χ3v) is 13.6. The standard InChI is InChI=1S/C58H112O6/c1-6-8-9-10-11-12-13-14-22-25-28-33-38-43-48-56(59)62-51-55(52-63-57(60)49-44-39-35-30-31-36-41-46-53(3)4)64-58(61)50-45-40-34-29-26-23-20-18-16-15-17-19-21-24-27-32-37-42-47-54(5)7-2/h53-55H,6-52H2,1-5H3/t54?,55-/m1/s1. The van der Waals surface area contributed by atoms with Gasteiger partial charge in [0.05, 0.1) is 0 Å². The van der Waals surface area contributed by atoms with Crippen LogP contribution < -0.4 is 0 Å². The second-order valence-electron chi connectivity index (χ2n) is 20.6. The Hall–Kier alpha value is -1.59. The molecule has 0 bridgehead atoms. The highest BCUT2D eigenvalue weighted by molar-refractivity contribution is 5.71. The van der Waals surface area contributed by atoms with E-state index in [1.165, 1.54) is 212 Å². The average molecular weight is 906 g/mol. The van der Waals surface area contributed by atoms with E-state index in [-0.39, 0.29) is 31.1 Å². The second kappa shape index (κ2) is 50.8. The molecule has 0 saturated heterocycles. The molecule has 0 aromatic rings. The lowest BCUT2D eigenvalue weighted by Gasteiger charge is -2.18. The predicted molar refractivity (Wildman–Crippen MR) is 275 cm³/mol. The largest absolute Gasteiger partial charge is 0.462 e. The van der Waals surface area contributed by atoms with E-state index >= 15 is 0 Å². The molecule has 2 atom stereocenters. The van der Waals surface area contributed by atoms with Crippen LogP contribution in [0.4, 0.5) is 0 Å². The lowest BCUT2D eigenvalue weighted by Crippen LogP contribution is -2.30. The average Bonchev–Trinajstić information content (AvgIpc) is 3.28. The highest BCUT2D eigenvalue weighted by Gasteiger charge is 2.19. The molecule has 6 heteroatoms. The first-order valence-electron chi connectivity index (χ1n) is 28.8. The fourth-order valence-electron chi connectivity index (χ4n) is 8.84. The number of hydrogen-bond donors (Lipinski definition) is 0. The topological polar surface area (TPSA) is 78.9 Å². The van der Waals surface area contributed by atoms with Crippen molar-refractivity contribution in [2.75, 3.05) is 13.2 Å². The number of ether oxygens (including phenoxy) is 3. The number of unbranched alkanes of at least 4 members (excludes halogenated alkanes) is 36. The monoisotopic (exact) mass is 905 g/mol. The van der Waals surface area contributed by atoms with Gasteiger partial charge in [0.1, 0.15) is 13.2 Å². The van der Waals surface area contributed by atoms with Gasteiger partial charge in [-0.3, -0.25) is 14.4 Å². The summed E-state index contributed by atoms with van der Waals surface area (Å²) >= 11 is 0. The molecule has 0 aromatic carbocycles. The van der Waals surface area contributed by atoms with Crippen LogP contribution >= 0.6 is 0 Å². The number of carbonyl (C=O) groups excluding carboxylic acids is 3. The fraction of sp³-hybridized carbons (Fsp3) is 0.948. The summed E-state index contributed by atoms with van der Waals surface area (Å²) in [6, 6.07) is 0. The molecule has 0 radical (unpaired) electrons. The number of hydrogen-bond acceptors (Lipinski definition) is 6. The molecule has 0 aliphatic heterocycles. The predicted octanol–water partition coefficient (Wildman–Crippen LogP) is 18.9. The van der Waals surface area contributed by atoms with E-state index in [4.69, 9.17) is 14.2 Å². The molecule has 64 heavy (non-hydrogen) atoms. The number of carbonyl (C=O) groups is 3. The Morgan fingerprint density at radius 1 is 0.328 bits per heavy atom. The first-order chi connectivity index (χ1) is 31.3. The maximum absolute atomic E-state index is 12.8. The van der Waals surface area contributed by atoms with Crippen molar-refractivity contribution in [2.45, 2.75) is 330 Å². The van der Waals surface area contributed by atoms with E-state index in [0.717, 1.165) is 69.6 Å². The molecular weight excluding hydrogens is 793 g/mol. The summed E-state index contributed by atoms with van der Waals surface area (Å²) in [7, 11) is 0. The summed E-state index contributed by atoms with van der Waals surface area (Å²) in [6.07, 6.45) is 53.9. The van der Waals surface area contributed by atoms with Crippen molar-refractivity contribution < 1.29 is 28.6 Å². The van der Waals surface area contributed by atoms with Gasteiger partial charge in [0, 0.05) is 19.3 Å². The minimum absolute atomic E-state index is 0.0634. The summed E-state index contributed by atoms with van der Waals surface area (Å²) in [6.45, 7) is 11.4.